The minimum absolute atomic E-state index is 0.237. The van der Waals surface area contributed by atoms with Gasteiger partial charge >= 0.3 is 5.97 Å². The van der Waals surface area contributed by atoms with E-state index in [-0.39, 0.29) is 19.7 Å². The molecule has 1 aromatic carbocycles. The minimum atomic E-state index is -3.54. The van der Waals surface area contributed by atoms with Crippen LogP contribution in [0.1, 0.15) is 18.4 Å². The van der Waals surface area contributed by atoms with Gasteiger partial charge in [0, 0.05) is 32.2 Å². The third-order valence-corrected chi connectivity index (χ3v) is 5.92. The molecular weight excluding hydrogens is 384 g/mol. The lowest BCUT2D eigenvalue weighted by Crippen LogP contribution is -2.40. The van der Waals surface area contributed by atoms with Crippen LogP contribution in [0.15, 0.2) is 35.7 Å². The van der Waals surface area contributed by atoms with Crippen LogP contribution in [0.4, 0.5) is 0 Å². The van der Waals surface area contributed by atoms with Gasteiger partial charge in [-0.05, 0) is 24.5 Å². The highest BCUT2D eigenvalue weighted by atomic mass is 32.2. The van der Waals surface area contributed by atoms with E-state index >= 15 is 0 Å². The van der Waals surface area contributed by atoms with E-state index in [9.17, 15) is 18.0 Å². The van der Waals surface area contributed by atoms with Gasteiger partial charge in [-0.3, -0.25) is 9.59 Å². The Morgan fingerprint density at radius 3 is 2.54 bits per heavy atom. The van der Waals surface area contributed by atoms with E-state index in [2.05, 4.69) is 5.32 Å². The zero-order chi connectivity index (χ0) is 20.4. The van der Waals surface area contributed by atoms with Crippen LogP contribution in [0.5, 0.6) is 0 Å². The molecule has 2 rings (SSSR count). The van der Waals surface area contributed by atoms with Crippen LogP contribution >= 0.6 is 0 Å². The molecule has 0 bridgehead atoms. The number of nitrogens with one attached hydrogen (secondary N) is 1. The molecule has 0 unspecified atom stereocenters. The predicted octanol–water partition coefficient (Wildman–Crippen LogP) is 1.00. The second-order valence-corrected chi connectivity index (χ2v) is 8.20. The van der Waals surface area contributed by atoms with Crippen LogP contribution in [-0.4, -0.2) is 64.6 Å². The number of nitrogens with zero attached hydrogens (tertiary/aromatic N) is 1. The Kier molecular flexibility index (Phi) is 8.62. The van der Waals surface area contributed by atoms with Crippen LogP contribution in [0.3, 0.4) is 0 Å². The summed E-state index contributed by atoms with van der Waals surface area (Å²) in [6.07, 6.45) is 2.28. The molecule has 1 N–H and O–H groups in total. The molecule has 1 fully saturated rings. The van der Waals surface area contributed by atoms with Gasteiger partial charge < -0.3 is 14.8 Å². The lowest BCUT2D eigenvalue weighted by Gasteiger charge is -2.29. The average molecular weight is 410 g/mol. The van der Waals surface area contributed by atoms with Crippen LogP contribution in [-0.2, 0) is 29.1 Å². The van der Waals surface area contributed by atoms with Crippen LogP contribution in [0.25, 0.3) is 6.08 Å². The number of ether oxygens (including phenoxy) is 2. The summed E-state index contributed by atoms with van der Waals surface area (Å²) < 4.78 is 36.1. The van der Waals surface area contributed by atoms with Gasteiger partial charge in [-0.2, -0.15) is 4.31 Å². The number of rotatable bonds is 9. The maximum atomic E-state index is 12.4. The number of amides is 1. The summed E-state index contributed by atoms with van der Waals surface area (Å²) in [6.45, 7) is 0.856. The van der Waals surface area contributed by atoms with Crippen molar-refractivity contribution in [2.24, 2.45) is 5.92 Å². The molecule has 8 nitrogen and oxygen atoms in total. The van der Waals surface area contributed by atoms with Gasteiger partial charge in [0.2, 0.25) is 10.0 Å². The lowest BCUT2D eigenvalue weighted by molar-refractivity contribution is -0.153. The first-order chi connectivity index (χ1) is 13.4. The first kappa shape index (κ1) is 22.1. The quantitative estimate of drug-likeness (QED) is 0.481. The van der Waals surface area contributed by atoms with E-state index in [4.69, 9.17) is 9.47 Å². The van der Waals surface area contributed by atoms with E-state index in [1.54, 1.807) is 6.08 Å². The highest BCUT2D eigenvalue weighted by molar-refractivity contribution is 7.92. The van der Waals surface area contributed by atoms with Crippen molar-refractivity contribution in [2.75, 3.05) is 40.0 Å². The summed E-state index contributed by atoms with van der Waals surface area (Å²) in [5.74, 6) is -1.27. The van der Waals surface area contributed by atoms with Crippen molar-refractivity contribution in [3.05, 3.63) is 41.3 Å². The smallest absolute Gasteiger partial charge is 0.309 e. The van der Waals surface area contributed by atoms with E-state index in [0.29, 0.717) is 26.0 Å². The molecule has 0 saturated carbocycles. The Morgan fingerprint density at radius 1 is 1.21 bits per heavy atom. The minimum Gasteiger partial charge on any atom is -0.455 e. The third kappa shape index (κ3) is 7.06. The SMILES string of the molecule is COCCNC(=O)COC(=O)C1CCN(S(=O)(=O)/C=C/c2ccccc2)CC1. The van der Waals surface area contributed by atoms with E-state index in [1.807, 2.05) is 30.3 Å². The van der Waals surface area contributed by atoms with Crippen molar-refractivity contribution in [2.45, 2.75) is 12.8 Å². The maximum absolute atomic E-state index is 12.4. The molecule has 0 aromatic heterocycles. The number of benzene rings is 1. The van der Waals surface area contributed by atoms with Gasteiger partial charge in [-0.1, -0.05) is 30.3 Å². The molecule has 1 aliphatic heterocycles. The van der Waals surface area contributed by atoms with Crippen LogP contribution in [0, 0.1) is 5.92 Å². The molecule has 0 radical (unpaired) electrons. The van der Waals surface area contributed by atoms with Gasteiger partial charge in [-0.25, -0.2) is 8.42 Å². The molecule has 9 heteroatoms. The molecule has 1 aliphatic rings. The largest absolute Gasteiger partial charge is 0.455 e. The summed E-state index contributed by atoms with van der Waals surface area (Å²) in [5.41, 5.74) is 0.799. The highest BCUT2D eigenvalue weighted by Gasteiger charge is 2.31. The number of esters is 1. The number of carbonyl (C=O) groups excluding carboxylic acids is 2. The molecule has 0 spiro atoms. The Bertz CT molecular complexity index is 771. The molecule has 0 aliphatic carbocycles. The Hall–Kier alpha value is -2.23. The first-order valence-electron chi connectivity index (χ1n) is 9.08. The van der Waals surface area contributed by atoms with Crippen molar-refractivity contribution in [1.29, 1.82) is 0 Å². The normalized spacial score (nSPS) is 16.2. The zero-order valence-electron chi connectivity index (χ0n) is 15.9. The van der Waals surface area contributed by atoms with Crippen molar-refractivity contribution >= 4 is 28.0 Å². The Balaban J connectivity index is 1.77. The van der Waals surface area contributed by atoms with E-state index in [0.717, 1.165) is 5.56 Å². The number of methoxy groups -OCH3 is 1. The van der Waals surface area contributed by atoms with Crippen LogP contribution in [0.2, 0.25) is 0 Å². The summed E-state index contributed by atoms with van der Waals surface area (Å²) in [7, 11) is -2.02. The fourth-order valence-corrected chi connectivity index (χ4v) is 3.98. The van der Waals surface area contributed by atoms with Crippen molar-refractivity contribution in [1.82, 2.24) is 9.62 Å². The van der Waals surface area contributed by atoms with Gasteiger partial charge in [0.15, 0.2) is 6.61 Å². The van der Waals surface area contributed by atoms with E-state index in [1.165, 1.54) is 16.8 Å². The van der Waals surface area contributed by atoms with Crippen molar-refractivity contribution in [3.8, 4) is 0 Å². The Labute approximate surface area is 165 Å². The molecule has 1 aromatic rings. The van der Waals surface area contributed by atoms with Gasteiger partial charge in [-0.15, -0.1) is 0 Å². The first-order valence-corrected chi connectivity index (χ1v) is 10.6. The zero-order valence-corrected chi connectivity index (χ0v) is 16.7. The molecule has 0 atom stereocenters. The molecule has 1 heterocycles. The topological polar surface area (TPSA) is 102 Å². The molecule has 154 valence electrons. The fourth-order valence-electron chi connectivity index (χ4n) is 2.76. The molecular formula is C19H26N2O6S. The maximum Gasteiger partial charge on any atom is 0.309 e. The number of hydrogen-bond acceptors (Lipinski definition) is 6. The molecule has 28 heavy (non-hydrogen) atoms. The predicted molar refractivity (Wildman–Crippen MR) is 105 cm³/mol. The second-order valence-electron chi connectivity index (χ2n) is 6.38. The van der Waals surface area contributed by atoms with E-state index < -0.39 is 27.8 Å². The summed E-state index contributed by atoms with van der Waals surface area (Å²) in [5, 5.41) is 3.75. The lowest BCUT2D eigenvalue weighted by atomic mass is 9.98. The van der Waals surface area contributed by atoms with Crippen molar-refractivity contribution < 1.29 is 27.5 Å². The van der Waals surface area contributed by atoms with Crippen molar-refractivity contribution in [3.63, 3.8) is 0 Å². The summed E-state index contributed by atoms with van der Waals surface area (Å²) >= 11 is 0. The third-order valence-electron chi connectivity index (χ3n) is 4.35. The molecule has 1 saturated heterocycles. The van der Waals surface area contributed by atoms with Gasteiger partial charge in [0.25, 0.3) is 5.91 Å². The number of piperidine rings is 1. The highest BCUT2D eigenvalue weighted by Crippen LogP contribution is 2.22. The number of hydrogen-bond donors (Lipinski definition) is 1. The molecule has 1 amide bonds. The summed E-state index contributed by atoms with van der Waals surface area (Å²) in [6, 6.07) is 9.17. The monoisotopic (exact) mass is 410 g/mol. The Morgan fingerprint density at radius 2 is 1.89 bits per heavy atom. The van der Waals surface area contributed by atoms with Gasteiger partial charge in [0.1, 0.15) is 0 Å². The second kappa shape index (κ2) is 10.9. The number of sulfonamides is 1. The fraction of sp³-hybridized carbons (Fsp3) is 0.474. The number of carbonyl (C=O) groups is 2. The summed E-state index contributed by atoms with van der Waals surface area (Å²) in [4.78, 5) is 23.6. The average Bonchev–Trinajstić information content (AvgIpc) is 2.71. The standard InChI is InChI=1S/C19H26N2O6S/c1-26-13-10-20-18(22)15-27-19(23)17-7-11-21(12-8-17)28(24,25)14-9-16-5-3-2-4-6-16/h2-6,9,14,17H,7-8,10-13,15H2,1H3,(H,20,22)/b14-9+. The van der Waals surface area contributed by atoms with Crippen LogP contribution < -0.4 is 5.32 Å². The van der Waals surface area contributed by atoms with Gasteiger partial charge in [0.05, 0.1) is 12.5 Å².